The molecule has 0 aromatic rings. The van der Waals surface area contributed by atoms with Gasteiger partial charge in [0.05, 0.1) is 0 Å². The molecule has 0 aromatic carbocycles. The van der Waals surface area contributed by atoms with E-state index in [0.717, 1.165) is 17.9 Å². The van der Waals surface area contributed by atoms with Crippen molar-refractivity contribution in [1.29, 1.82) is 0 Å². The number of rotatable bonds is 4. The summed E-state index contributed by atoms with van der Waals surface area (Å²) in [4.78, 5) is 0. The first-order chi connectivity index (χ1) is 8.94. The van der Waals surface area contributed by atoms with Crippen molar-refractivity contribution in [2.24, 2.45) is 28.1 Å². The van der Waals surface area contributed by atoms with E-state index in [9.17, 15) is 0 Å². The maximum atomic E-state index is 3.76. The molecule has 19 heavy (non-hydrogen) atoms. The lowest BCUT2D eigenvalue weighted by Gasteiger charge is -2.67. The number of nitrogens with one attached hydrogen (secondary N) is 1. The summed E-state index contributed by atoms with van der Waals surface area (Å²) in [5.41, 5.74) is 2.00. The molecule has 0 aliphatic heterocycles. The largest absolute Gasteiger partial charge is 0.316 e. The molecule has 1 N–H and O–H groups in total. The summed E-state index contributed by atoms with van der Waals surface area (Å²) in [5.74, 6) is 2.10. The molecule has 5 saturated carbocycles. The average molecular weight is 261 g/mol. The van der Waals surface area contributed by atoms with Gasteiger partial charge in [-0.3, -0.25) is 0 Å². The summed E-state index contributed by atoms with van der Waals surface area (Å²) in [7, 11) is 2.23. The van der Waals surface area contributed by atoms with Crippen LogP contribution in [0.5, 0.6) is 0 Å². The van der Waals surface area contributed by atoms with Crippen LogP contribution in [0, 0.1) is 28.1 Å². The van der Waals surface area contributed by atoms with E-state index in [0.29, 0.717) is 16.2 Å². The molecule has 4 bridgehead atoms. The van der Waals surface area contributed by atoms with Crippen molar-refractivity contribution in [2.45, 2.75) is 77.7 Å². The molecule has 1 nitrogen and oxygen atoms in total. The van der Waals surface area contributed by atoms with Gasteiger partial charge in [0.2, 0.25) is 0 Å². The van der Waals surface area contributed by atoms with Gasteiger partial charge in [0.15, 0.2) is 0 Å². The van der Waals surface area contributed by atoms with E-state index in [-0.39, 0.29) is 0 Å². The molecule has 0 amide bonds. The van der Waals surface area contributed by atoms with Gasteiger partial charge in [0.1, 0.15) is 0 Å². The molecule has 0 spiro atoms. The van der Waals surface area contributed by atoms with Crippen LogP contribution >= 0.6 is 0 Å². The zero-order chi connectivity index (χ0) is 13.3. The van der Waals surface area contributed by atoms with Gasteiger partial charge in [0.25, 0.3) is 0 Å². The Morgan fingerprint density at radius 1 is 1.00 bits per heavy atom. The molecular weight excluding hydrogens is 230 g/mol. The molecule has 108 valence electrons. The Kier molecular flexibility index (Phi) is 2.52. The van der Waals surface area contributed by atoms with Gasteiger partial charge in [-0.15, -0.1) is 0 Å². The number of hydrogen-bond donors (Lipinski definition) is 1. The van der Waals surface area contributed by atoms with Crippen LogP contribution in [-0.4, -0.2) is 13.1 Å². The molecule has 0 radical (unpaired) electrons. The average Bonchev–Trinajstić information content (AvgIpc) is 3.03. The molecular formula is C18H31N. The Balaban J connectivity index is 1.65. The highest BCUT2D eigenvalue weighted by Crippen LogP contribution is 2.70. The molecule has 5 aliphatic carbocycles. The monoisotopic (exact) mass is 261 g/mol. The second kappa shape index (κ2) is 3.78. The van der Waals surface area contributed by atoms with Crippen molar-refractivity contribution in [3.05, 3.63) is 0 Å². The summed E-state index contributed by atoms with van der Waals surface area (Å²) in [5, 5.41) is 3.76. The topological polar surface area (TPSA) is 12.0 Å². The van der Waals surface area contributed by atoms with Crippen molar-refractivity contribution < 1.29 is 0 Å². The van der Waals surface area contributed by atoms with E-state index in [1.54, 1.807) is 0 Å². The third-order valence-electron chi connectivity index (χ3n) is 7.02. The molecule has 0 heterocycles. The highest BCUT2D eigenvalue weighted by atomic mass is 14.9. The van der Waals surface area contributed by atoms with Gasteiger partial charge in [-0.2, -0.15) is 0 Å². The summed E-state index contributed by atoms with van der Waals surface area (Å²) < 4.78 is 0. The molecule has 1 heteroatoms. The Labute approximate surface area is 118 Å². The quantitative estimate of drug-likeness (QED) is 0.792. The first kappa shape index (κ1) is 12.7. The van der Waals surface area contributed by atoms with Crippen LogP contribution in [0.1, 0.15) is 71.6 Å². The van der Waals surface area contributed by atoms with Crippen molar-refractivity contribution >= 4 is 0 Å². The van der Waals surface area contributed by atoms with Crippen molar-refractivity contribution in [3.63, 3.8) is 0 Å². The lowest BCUT2D eigenvalue weighted by molar-refractivity contribution is -0.158. The Morgan fingerprint density at radius 3 is 2.11 bits per heavy atom. The van der Waals surface area contributed by atoms with E-state index >= 15 is 0 Å². The van der Waals surface area contributed by atoms with Gasteiger partial charge in [-0.25, -0.2) is 0 Å². The van der Waals surface area contributed by atoms with E-state index in [4.69, 9.17) is 0 Å². The van der Waals surface area contributed by atoms with Crippen LogP contribution in [0.4, 0.5) is 0 Å². The van der Waals surface area contributed by atoms with Crippen LogP contribution in [0.2, 0.25) is 0 Å². The first-order valence-corrected chi connectivity index (χ1v) is 8.62. The minimum atomic E-state index is 0.653. The first-order valence-electron chi connectivity index (χ1n) is 8.62. The fourth-order valence-electron chi connectivity index (χ4n) is 7.29. The summed E-state index contributed by atoms with van der Waals surface area (Å²) >= 11 is 0. The third-order valence-corrected chi connectivity index (χ3v) is 7.02. The SMILES string of the molecule is CNC(CC1CC1)C12CC3CC(C)(CC(C)(C3)C1)C2. The van der Waals surface area contributed by atoms with Crippen LogP contribution in [0.25, 0.3) is 0 Å². The van der Waals surface area contributed by atoms with Crippen molar-refractivity contribution in [2.75, 3.05) is 7.05 Å². The maximum absolute atomic E-state index is 3.76. The fourth-order valence-corrected chi connectivity index (χ4v) is 7.29. The zero-order valence-corrected chi connectivity index (χ0v) is 13.1. The standard InChI is InChI=1S/C18H31N/c1-16-7-14-8-17(2,10-16)12-18(9-14,11-16)15(19-3)6-13-4-5-13/h13-15,19H,4-12H2,1-3H3. The Hall–Kier alpha value is -0.0400. The smallest absolute Gasteiger partial charge is 0.0124 e. The lowest BCUT2D eigenvalue weighted by Crippen LogP contribution is -2.61. The van der Waals surface area contributed by atoms with Gasteiger partial charge >= 0.3 is 0 Å². The maximum Gasteiger partial charge on any atom is 0.0124 e. The van der Waals surface area contributed by atoms with E-state index < -0.39 is 0 Å². The third kappa shape index (κ3) is 1.99. The van der Waals surface area contributed by atoms with Gasteiger partial charge in [-0.1, -0.05) is 26.7 Å². The zero-order valence-electron chi connectivity index (χ0n) is 13.1. The van der Waals surface area contributed by atoms with Crippen LogP contribution < -0.4 is 5.32 Å². The molecule has 3 atom stereocenters. The molecule has 5 aliphatic rings. The Morgan fingerprint density at radius 2 is 1.63 bits per heavy atom. The molecule has 5 rings (SSSR count). The second-order valence-electron chi connectivity index (χ2n) is 9.51. The van der Waals surface area contributed by atoms with Gasteiger partial charge in [0, 0.05) is 6.04 Å². The van der Waals surface area contributed by atoms with E-state index in [2.05, 4.69) is 26.2 Å². The summed E-state index contributed by atoms with van der Waals surface area (Å²) in [6.07, 6.45) is 13.6. The van der Waals surface area contributed by atoms with E-state index in [1.165, 1.54) is 57.8 Å². The van der Waals surface area contributed by atoms with Gasteiger partial charge < -0.3 is 5.32 Å². The normalized spacial score (nSPS) is 53.5. The molecule has 0 aromatic heterocycles. The lowest BCUT2D eigenvalue weighted by atomic mass is 9.39. The fraction of sp³-hybridized carbons (Fsp3) is 1.00. The van der Waals surface area contributed by atoms with E-state index in [1.807, 2.05) is 0 Å². The molecule has 3 unspecified atom stereocenters. The molecule has 5 fully saturated rings. The van der Waals surface area contributed by atoms with Crippen LogP contribution in [0.3, 0.4) is 0 Å². The van der Waals surface area contributed by atoms with Crippen molar-refractivity contribution in [3.8, 4) is 0 Å². The van der Waals surface area contributed by atoms with Crippen LogP contribution in [0.15, 0.2) is 0 Å². The van der Waals surface area contributed by atoms with Gasteiger partial charge in [-0.05, 0) is 80.1 Å². The van der Waals surface area contributed by atoms with Crippen molar-refractivity contribution in [1.82, 2.24) is 5.32 Å². The predicted octanol–water partition coefficient (Wildman–Crippen LogP) is 4.37. The Bertz CT molecular complexity index is 365. The number of hydrogen-bond acceptors (Lipinski definition) is 1. The predicted molar refractivity (Wildman–Crippen MR) is 80.0 cm³/mol. The van der Waals surface area contributed by atoms with Crippen LogP contribution in [-0.2, 0) is 0 Å². The second-order valence-corrected chi connectivity index (χ2v) is 9.51. The molecule has 0 saturated heterocycles. The highest BCUT2D eigenvalue weighted by Gasteiger charge is 2.62. The summed E-state index contributed by atoms with van der Waals surface area (Å²) in [6, 6.07) is 0.807. The summed E-state index contributed by atoms with van der Waals surface area (Å²) in [6.45, 7) is 5.21. The highest BCUT2D eigenvalue weighted by molar-refractivity contribution is 5.13. The minimum Gasteiger partial charge on any atom is -0.316 e. The minimum absolute atomic E-state index is 0.653.